The summed E-state index contributed by atoms with van der Waals surface area (Å²) in [7, 11) is 0. The summed E-state index contributed by atoms with van der Waals surface area (Å²) in [4.78, 5) is 0. The van der Waals surface area contributed by atoms with Gasteiger partial charge in [-0.15, -0.1) is 0 Å². The standard InChI is InChI=1S/C16H25NO2/c1-4-5-6-7-10-16(2,3)14-8-9-15(18)13(11-14)12-17-19/h8-9,11-12,18-19H,4-7,10H2,1-3H3. The number of hydrogen-bond donors (Lipinski definition) is 2. The molecule has 0 radical (unpaired) electrons. The van der Waals surface area contributed by atoms with E-state index in [1.165, 1.54) is 31.9 Å². The van der Waals surface area contributed by atoms with Gasteiger partial charge in [-0.25, -0.2) is 0 Å². The van der Waals surface area contributed by atoms with E-state index in [1.807, 2.05) is 12.1 Å². The van der Waals surface area contributed by atoms with Crippen LogP contribution in [0.4, 0.5) is 0 Å². The highest BCUT2D eigenvalue weighted by molar-refractivity contribution is 5.83. The summed E-state index contributed by atoms with van der Waals surface area (Å²) in [6.07, 6.45) is 7.40. The molecule has 3 nitrogen and oxygen atoms in total. The molecule has 0 amide bonds. The number of phenolic OH excluding ortho intramolecular Hbond substituents is 1. The molecule has 3 heteroatoms. The monoisotopic (exact) mass is 263 g/mol. The molecule has 0 aromatic heterocycles. The minimum Gasteiger partial charge on any atom is -0.507 e. The summed E-state index contributed by atoms with van der Waals surface area (Å²) < 4.78 is 0. The Kier molecular flexibility index (Phi) is 5.87. The summed E-state index contributed by atoms with van der Waals surface area (Å²) >= 11 is 0. The van der Waals surface area contributed by atoms with Crippen molar-refractivity contribution >= 4 is 6.21 Å². The first-order valence-electron chi connectivity index (χ1n) is 7.02. The second-order valence-corrected chi connectivity index (χ2v) is 5.71. The highest BCUT2D eigenvalue weighted by Crippen LogP contribution is 2.31. The molecule has 0 aliphatic rings. The fraction of sp³-hybridized carbons (Fsp3) is 0.562. The molecule has 19 heavy (non-hydrogen) atoms. The van der Waals surface area contributed by atoms with Gasteiger partial charge in [-0.2, -0.15) is 0 Å². The summed E-state index contributed by atoms with van der Waals surface area (Å²) in [6, 6.07) is 5.51. The lowest BCUT2D eigenvalue weighted by molar-refractivity contribution is 0.321. The smallest absolute Gasteiger partial charge is 0.124 e. The number of benzene rings is 1. The largest absolute Gasteiger partial charge is 0.507 e. The molecule has 0 fully saturated rings. The van der Waals surface area contributed by atoms with Crippen LogP contribution in [0.15, 0.2) is 23.4 Å². The van der Waals surface area contributed by atoms with Crippen molar-refractivity contribution in [2.45, 2.75) is 58.3 Å². The van der Waals surface area contributed by atoms with Gasteiger partial charge in [0, 0.05) is 5.56 Å². The Morgan fingerprint density at radius 2 is 1.95 bits per heavy atom. The molecular formula is C16H25NO2. The minimum absolute atomic E-state index is 0.0689. The first-order chi connectivity index (χ1) is 9.01. The van der Waals surface area contributed by atoms with Crippen LogP contribution in [0, 0.1) is 0 Å². The fourth-order valence-electron chi connectivity index (χ4n) is 2.28. The van der Waals surface area contributed by atoms with Gasteiger partial charge in [-0.1, -0.05) is 57.7 Å². The van der Waals surface area contributed by atoms with Crippen LogP contribution in [0.5, 0.6) is 5.75 Å². The maximum absolute atomic E-state index is 9.68. The van der Waals surface area contributed by atoms with Crippen LogP contribution in [0.2, 0.25) is 0 Å². The van der Waals surface area contributed by atoms with Gasteiger partial charge in [0.1, 0.15) is 5.75 Å². The lowest BCUT2D eigenvalue weighted by Gasteiger charge is -2.26. The highest BCUT2D eigenvalue weighted by Gasteiger charge is 2.20. The van der Waals surface area contributed by atoms with Gasteiger partial charge in [0.15, 0.2) is 0 Å². The van der Waals surface area contributed by atoms with Crippen molar-refractivity contribution in [3.05, 3.63) is 29.3 Å². The number of oxime groups is 1. The molecule has 2 N–H and O–H groups in total. The van der Waals surface area contributed by atoms with E-state index in [0.29, 0.717) is 5.56 Å². The van der Waals surface area contributed by atoms with E-state index in [2.05, 4.69) is 25.9 Å². The predicted octanol–water partition coefficient (Wildman–Crippen LogP) is 4.45. The Bertz CT molecular complexity index is 425. The van der Waals surface area contributed by atoms with Gasteiger partial charge in [0.2, 0.25) is 0 Å². The average molecular weight is 263 g/mol. The predicted molar refractivity (Wildman–Crippen MR) is 79.3 cm³/mol. The number of aromatic hydroxyl groups is 1. The molecule has 0 spiro atoms. The van der Waals surface area contributed by atoms with Crippen LogP contribution in [-0.4, -0.2) is 16.5 Å². The van der Waals surface area contributed by atoms with E-state index in [4.69, 9.17) is 5.21 Å². The van der Waals surface area contributed by atoms with Crippen LogP contribution in [0.25, 0.3) is 0 Å². The second-order valence-electron chi connectivity index (χ2n) is 5.71. The van der Waals surface area contributed by atoms with Crippen molar-refractivity contribution in [2.24, 2.45) is 5.16 Å². The number of rotatable bonds is 7. The van der Waals surface area contributed by atoms with Gasteiger partial charge in [-0.3, -0.25) is 0 Å². The molecule has 1 rings (SSSR count). The van der Waals surface area contributed by atoms with Crippen molar-refractivity contribution < 1.29 is 10.3 Å². The lowest BCUT2D eigenvalue weighted by atomic mass is 9.79. The third-order valence-corrected chi connectivity index (χ3v) is 3.66. The maximum Gasteiger partial charge on any atom is 0.124 e. The molecule has 0 heterocycles. The normalized spacial score (nSPS) is 12.2. The van der Waals surface area contributed by atoms with Crippen molar-refractivity contribution in [3.8, 4) is 5.75 Å². The number of hydrogen-bond acceptors (Lipinski definition) is 3. The molecule has 106 valence electrons. The number of nitrogens with zero attached hydrogens (tertiary/aromatic N) is 1. The van der Waals surface area contributed by atoms with Gasteiger partial charge in [0.25, 0.3) is 0 Å². The van der Waals surface area contributed by atoms with Crippen LogP contribution in [0.1, 0.15) is 64.0 Å². The number of unbranched alkanes of at least 4 members (excludes halogenated alkanes) is 3. The zero-order valence-corrected chi connectivity index (χ0v) is 12.2. The summed E-state index contributed by atoms with van der Waals surface area (Å²) in [5.74, 6) is 0.142. The van der Waals surface area contributed by atoms with Gasteiger partial charge in [-0.05, 0) is 29.5 Å². The van der Waals surface area contributed by atoms with Gasteiger partial charge in [0.05, 0.1) is 6.21 Å². The van der Waals surface area contributed by atoms with E-state index in [1.54, 1.807) is 6.07 Å². The molecule has 0 aliphatic heterocycles. The zero-order chi connectivity index (χ0) is 14.3. The van der Waals surface area contributed by atoms with Crippen molar-refractivity contribution in [1.29, 1.82) is 0 Å². The molecular weight excluding hydrogens is 238 g/mol. The van der Waals surface area contributed by atoms with Crippen LogP contribution < -0.4 is 0 Å². The van der Waals surface area contributed by atoms with Gasteiger partial charge < -0.3 is 10.3 Å². The number of phenols is 1. The van der Waals surface area contributed by atoms with Crippen molar-refractivity contribution in [2.75, 3.05) is 0 Å². The van der Waals surface area contributed by atoms with E-state index < -0.39 is 0 Å². The average Bonchev–Trinajstić information content (AvgIpc) is 2.37. The van der Waals surface area contributed by atoms with E-state index in [-0.39, 0.29) is 11.2 Å². The highest BCUT2D eigenvalue weighted by atomic mass is 16.4. The van der Waals surface area contributed by atoms with Crippen molar-refractivity contribution in [3.63, 3.8) is 0 Å². The molecule has 0 saturated heterocycles. The molecule has 0 saturated carbocycles. The first-order valence-corrected chi connectivity index (χ1v) is 7.02. The SMILES string of the molecule is CCCCCCC(C)(C)c1ccc(O)c(C=NO)c1. The maximum atomic E-state index is 9.68. The third-order valence-electron chi connectivity index (χ3n) is 3.66. The van der Waals surface area contributed by atoms with Crippen molar-refractivity contribution in [1.82, 2.24) is 0 Å². The lowest BCUT2D eigenvalue weighted by Crippen LogP contribution is -2.17. The van der Waals surface area contributed by atoms with Crippen LogP contribution >= 0.6 is 0 Å². The third kappa shape index (κ3) is 4.58. The van der Waals surface area contributed by atoms with E-state index in [9.17, 15) is 5.11 Å². The second kappa shape index (κ2) is 7.17. The Hall–Kier alpha value is -1.51. The summed E-state index contributed by atoms with van der Waals surface area (Å²) in [5, 5.41) is 21.3. The molecule has 0 bridgehead atoms. The molecule has 0 aliphatic carbocycles. The molecule has 1 aromatic rings. The zero-order valence-electron chi connectivity index (χ0n) is 12.2. The summed E-state index contributed by atoms with van der Waals surface area (Å²) in [5.41, 5.74) is 1.79. The Morgan fingerprint density at radius 3 is 2.58 bits per heavy atom. The first kappa shape index (κ1) is 15.5. The molecule has 0 atom stereocenters. The van der Waals surface area contributed by atoms with Crippen LogP contribution in [0.3, 0.4) is 0 Å². The molecule has 1 aromatic carbocycles. The van der Waals surface area contributed by atoms with Crippen LogP contribution in [-0.2, 0) is 5.41 Å². The molecule has 0 unspecified atom stereocenters. The van der Waals surface area contributed by atoms with Gasteiger partial charge >= 0.3 is 0 Å². The quantitative estimate of drug-likeness (QED) is 0.330. The fourth-order valence-corrected chi connectivity index (χ4v) is 2.28. The van der Waals surface area contributed by atoms with E-state index in [0.717, 1.165) is 12.0 Å². The Morgan fingerprint density at radius 1 is 1.21 bits per heavy atom. The summed E-state index contributed by atoms with van der Waals surface area (Å²) in [6.45, 7) is 6.64. The Balaban J connectivity index is 2.79. The Labute approximate surface area is 116 Å². The minimum atomic E-state index is 0.0689. The van der Waals surface area contributed by atoms with E-state index >= 15 is 0 Å². The topological polar surface area (TPSA) is 52.8 Å².